The van der Waals surface area contributed by atoms with Crippen molar-refractivity contribution in [2.45, 2.75) is 19.0 Å². The number of likely N-dealkylation sites (tertiary alicyclic amines) is 1. The maximum Gasteiger partial charge on any atom is 0.220 e. The van der Waals surface area contributed by atoms with E-state index in [-0.39, 0.29) is 17.8 Å². The standard InChI is InChI=1S/C23H22FN7/c24-18-5-3-17(4-6-18)21-22(20-7-10-27-23(25)29-20)31(15-28-21)19-8-11-30(14-19)13-16-2-1-9-26-12-16/h1-7,9-10,12,15,19H,8,11,13-14H2,(H2,25,27,29). The zero-order valence-electron chi connectivity index (χ0n) is 16.9. The molecule has 1 aliphatic heterocycles. The summed E-state index contributed by atoms with van der Waals surface area (Å²) in [6, 6.07) is 12.5. The minimum Gasteiger partial charge on any atom is -0.368 e. The van der Waals surface area contributed by atoms with E-state index < -0.39 is 0 Å². The molecular weight excluding hydrogens is 393 g/mol. The summed E-state index contributed by atoms with van der Waals surface area (Å²) in [5.74, 6) is -0.0715. The summed E-state index contributed by atoms with van der Waals surface area (Å²) in [6.45, 7) is 2.73. The largest absolute Gasteiger partial charge is 0.368 e. The van der Waals surface area contributed by atoms with Crippen LogP contribution in [0.4, 0.5) is 10.3 Å². The molecule has 0 radical (unpaired) electrons. The van der Waals surface area contributed by atoms with Crippen LogP contribution in [0.1, 0.15) is 18.0 Å². The van der Waals surface area contributed by atoms with Crippen LogP contribution in [0.3, 0.4) is 0 Å². The first-order valence-electron chi connectivity index (χ1n) is 10.2. The smallest absolute Gasteiger partial charge is 0.220 e. The van der Waals surface area contributed by atoms with Crippen molar-refractivity contribution in [3.05, 3.63) is 78.8 Å². The van der Waals surface area contributed by atoms with Gasteiger partial charge in [-0.1, -0.05) is 6.07 Å². The van der Waals surface area contributed by atoms with E-state index in [1.165, 1.54) is 17.7 Å². The first kappa shape index (κ1) is 19.3. The number of benzene rings is 1. The van der Waals surface area contributed by atoms with Gasteiger partial charge in [0.25, 0.3) is 0 Å². The van der Waals surface area contributed by atoms with Gasteiger partial charge < -0.3 is 10.3 Å². The van der Waals surface area contributed by atoms with Crippen molar-refractivity contribution < 1.29 is 4.39 Å². The number of nitrogens with two attached hydrogens (primary N) is 1. The number of imidazole rings is 1. The Morgan fingerprint density at radius 2 is 1.94 bits per heavy atom. The predicted octanol–water partition coefficient (Wildman–Crippen LogP) is 3.57. The number of aromatic nitrogens is 5. The number of pyridine rings is 1. The molecule has 0 bridgehead atoms. The van der Waals surface area contributed by atoms with E-state index in [1.807, 2.05) is 24.7 Å². The fourth-order valence-corrected chi connectivity index (χ4v) is 4.15. The van der Waals surface area contributed by atoms with Crippen LogP contribution in [0.2, 0.25) is 0 Å². The van der Waals surface area contributed by atoms with Gasteiger partial charge in [0.1, 0.15) is 5.82 Å². The molecule has 1 aliphatic rings. The Labute approximate surface area is 179 Å². The molecule has 5 rings (SSSR count). The van der Waals surface area contributed by atoms with Gasteiger partial charge in [0, 0.05) is 49.8 Å². The second-order valence-corrected chi connectivity index (χ2v) is 7.69. The third-order valence-corrected chi connectivity index (χ3v) is 5.60. The molecule has 1 unspecified atom stereocenters. The van der Waals surface area contributed by atoms with Gasteiger partial charge in [-0.25, -0.2) is 19.3 Å². The molecule has 1 fully saturated rings. The summed E-state index contributed by atoms with van der Waals surface area (Å²) in [7, 11) is 0. The molecule has 1 saturated heterocycles. The van der Waals surface area contributed by atoms with Gasteiger partial charge >= 0.3 is 0 Å². The minimum absolute atomic E-state index is 0.208. The molecule has 1 atom stereocenters. The lowest BCUT2D eigenvalue weighted by molar-refractivity contribution is 0.316. The van der Waals surface area contributed by atoms with E-state index in [2.05, 4.69) is 35.5 Å². The van der Waals surface area contributed by atoms with Crippen LogP contribution in [-0.2, 0) is 6.54 Å². The van der Waals surface area contributed by atoms with Crippen molar-refractivity contribution in [3.8, 4) is 22.6 Å². The van der Waals surface area contributed by atoms with Gasteiger partial charge in [-0.05, 0) is 48.4 Å². The van der Waals surface area contributed by atoms with Gasteiger partial charge in [0.15, 0.2) is 0 Å². The topological polar surface area (TPSA) is 85.8 Å². The molecule has 1 aromatic carbocycles. The molecule has 0 saturated carbocycles. The van der Waals surface area contributed by atoms with E-state index >= 15 is 0 Å². The molecule has 7 nitrogen and oxygen atoms in total. The zero-order chi connectivity index (χ0) is 21.2. The second kappa shape index (κ2) is 8.23. The molecular formula is C23H22FN7. The Morgan fingerprint density at radius 3 is 2.71 bits per heavy atom. The number of rotatable bonds is 5. The molecule has 31 heavy (non-hydrogen) atoms. The van der Waals surface area contributed by atoms with Crippen molar-refractivity contribution in [3.63, 3.8) is 0 Å². The van der Waals surface area contributed by atoms with Gasteiger partial charge in [-0.2, -0.15) is 0 Å². The number of hydrogen-bond acceptors (Lipinski definition) is 6. The number of hydrogen-bond donors (Lipinski definition) is 1. The highest BCUT2D eigenvalue weighted by Crippen LogP contribution is 2.35. The molecule has 0 spiro atoms. The minimum atomic E-state index is -0.280. The molecule has 3 aromatic heterocycles. The SMILES string of the molecule is Nc1nccc(-c2c(-c3ccc(F)cc3)ncn2C2CCN(Cc3cccnc3)C2)n1. The molecule has 4 heterocycles. The molecule has 0 aliphatic carbocycles. The third kappa shape index (κ3) is 4.02. The lowest BCUT2D eigenvalue weighted by Crippen LogP contribution is -2.21. The number of halogens is 1. The number of anilines is 1. The van der Waals surface area contributed by atoms with Crippen LogP contribution in [0.15, 0.2) is 67.4 Å². The Morgan fingerprint density at radius 1 is 1.06 bits per heavy atom. The maximum absolute atomic E-state index is 13.5. The highest BCUT2D eigenvalue weighted by molar-refractivity contribution is 5.77. The van der Waals surface area contributed by atoms with Crippen LogP contribution in [0, 0.1) is 5.82 Å². The fraction of sp³-hybridized carbons (Fsp3) is 0.217. The molecule has 8 heteroatoms. The number of nitrogen functional groups attached to an aromatic ring is 1. The van der Waals surface area contributed by atoms with E-state index in [0.717, 1.165) is 43.0 Å². The second-order valence-electron chi connectivity index (χ2n) is 7.69. The van der Waals surface area contributed by atoms with E-state index in [4.69, 9.17) is 5.73 Å². The molecule has 0 amide bonds. The lowest BCUT2D eigenvalue weighted by Gasteiger charge is -2.18. The Hall–Kier alpha value is -3.65. The van der Waals surface area contributed by atoms with Gasteiger partial charge in [0.05, 0.1) is 23.4 Å². The first-order chi connectivity index (χ1) is 15.2. The van der Waals surface area contributed by atoms with Gasteiger partial charge in [0.2, 0.25) is 5.95 Å². The van der Waals surface area contributed by atoms with Crippen molar-refractivity contribution >= 4 is 5.95 Å². The van der Waals surface area contributed by atoms with Crippen molar-refractivity contribution in [1.82, 2.24) is 29.4 Å². The summed E-state index contributed by atoms with van der Waals surface area (Å²) < 4.78 is 15.6. The maximum atomic E-state index is 13.5. The van der Waals surface area contributed by atoms with E-state index in [9.17, 15) is 4.39 Å². The predicted molar refractivity (Wildman–Crippen MR) is 116 cm³/mol. The average Bonchev–Trinajstić information content (AvgIpc) is 3.42. The van der Waals surface area contributed by atoms with Crippen LogP contribution in [0.25, 0.3) is 22.6 Å². The molecule has 4 aromatic rings. The lowest BCUT2D eigenvalue weighted by atomic mass is 10.1. The third-order valence-electron chi connectivity index (χ3n) is 5.60. The van der Waals surface area contributed by atoms with Crippen LogP contribution < -0.4 is 5.73 Å². The van der Waals surface area contributed by atoms with Crippen LogP contribution in [-0.4, -0.2) is 42.5 Å². The Balaban J connectivity index is 1.49. The normalized spacial score (nSPS) is 16.6. The monoisotopic (exact) mass is 415 g/mol. The number of nitrogens with zero attached hydrogens (tertiary/aromatic N) is 6. The Kier molecular flexibility index (Phi) is 5.13. The Bertz CT molecular complexity index is 1170. The van der Waals surface area contributed by atoms with Crippen molar-refractivity contribution in [2.24, 2.45) is 0 Å². The van der Waals surface area contributed by atoms with Crippen LogP contribution >= 0.6 is 0 Å². The summed E-state index contributed by atoms with van der Waals surface area (Å²) >= 11 is 0. The zero-order valence-corrected chi connectivity index (χ0v) is 16.9. The van der Waals surface area contributed by atoms with Gasteiger partial charge in [-0.15, -0.1) is 0 Å². The van der Waals surface area contributed by atoms with Crippen LogP contribution in [0.5, 0.6) is 0 Å². The summed E-state index contributed by atoms with van der Waals surface area (Å²) in [6.07, 6.45) is 8.19. The van der Waals surface area contributed by atoms with Crippen molar-refractivity contribution in [2.75, 3.05) is 18.8 Å². The summed E-state index contributed by atoms with van der Waals surface area (Å²) in [4.78, 5) is 19.8. The first-order valence-corrected chi connectivity index (χ1v) is 10.2. The van der Waals surface area contributed by atoms with E-state index in [1.54, 1.807) is 24.5 Å². The summed E-state index contributed by atoms with van der Waals surface area (Å²) in [5, 5.41) is 0. The van der Waals surface area contributed by atoms with E-state index in [0.29, 0.717) is 5.69 Å². The summed E-state index contributed by atoms with van der Waals surface area (Å²) in [5.41, 5.74) is 10.2. The highest BCUT2D eigenvalue weighted by Gasteiger charge is 2.28. The molecule has 2 N–H and O–H groups in total. The molecule has 156 valence electrons. The quantitative estimate of drug-likeness (QED) is 0.536. The van der Waals surface area contributed by atoms with Gasteiger partial charge in [-0.3, -0.25) is 9.88 Å². The van der Waals surface area contributed by atoms with Crippen molar-refractivity contribution in [1.29, 1.82) is 0 Å². The highest BCUT2D eigenvalue weighted by atomic mass is 19.1. The average molecular weight is 415 g/mol. The fourth-order valence-electron chi connectivity index (χ4n) is 4.15.